The molecule has 130 valence electrons. The van der Waals surface area contributed by atoms with Gasteiger partial charge in [0.2, 0.25) is 0 Å². The second-order valence-electron chi connectivity index (χ2n) is 5.99. The van der Waals surface area contributed by atoms with E-state index in [4.69, 9.17) is 16.3 Å². The number of aryl methyl sites for hydroxylation is 1. The molecule has 4 nitrogen and oxygen atoms in total. The van der Waals surface area contributed by atoms with Crippen molar-refractivity contribution in [3.63, 3.8) is 0 Å². The second-order valence-corrected chi connectivity index (χ2v) is 7.43. The van der Waals surface area contributed by atoms with Crippen LogP contribution in [0, 0.1) is 6.92 Å². The Hall–Kier alpha value is -2.63. The van der Waals surface area contributed by atoms with Crippen LogP contribution in [-0.2, 0) is 0 Å². The molecular weight excluding hydrogens is 368 g/mol. The molecule has 0 saturated heterocycles. The van der Waals surface area contributed by atoms with Crippen molar-refractivity contribution >= 4 is 55.7 Å². The molecule has 2 aromatic carbocycles. The maximum atomic E-state index is 12.6. The summed E-state index contributed by atoms with van der Waals surface area (Å²) in [5.74, 6) is 0.382. The van der Waals surface area contributed by atoms with Crippen LogP contribution in [-0.4, -0.2) is 18.0 Å². The van der Waals surface area contributed by atoms with Crippen molar-refractivity contribution in [1.82, 2.24) is 4.98 Å². The standard InChI is InChI=1S/C20H15ClN2O2S/c1-11-3-5-16-12(7-11)8-13-9-18(26-20(13)23-16)19(24)22-14-4-6-17(25-2)15(21)10-14/h3-10H,1-2H3,(H,22,24). The van der Waals surface area contributed by atoms with E-state index in [1.807, 2.05) is 18.2 Å². The number of anilines is 1. The smallest absolute Gasteiger partial charge is 0.265 e. The van der Waals surface area contributed by atoms with Crippen LogP contribution in [0.4, 0.5) is 5.69 Å². The van der Waals surface area contributed by atoms with Gasteiger partial charge in [-0.1, -0.05) is 23.2 Å². The van der Waals surface area contributed by atoms with Crippen LogP contribution in [0.5, 0.6) is 5.75 Å². The molecule has 0 saturated carbocycles. The predicted molar refractivity (Wildman–Crippen MR) is 108 cm³/mol. The first-order valence-electron chi connectivity index (χ1n) is 7.99. The van der Waals surface area contributed by atoms with E-state index in [1.54, 1.807) is 25.3 Å². The van der Waals surface area contributed by atoms with Crippen molar-refractivity contribution in [3.05, 3.63) is 64.0 Å². The van der Waals surface area contributed by atoms with E-state index in [1.165, 1.54) is 16.9 Å². The summed E-state index contributed by atoms with van der Waals surface area (Å²) in [5, 5.41) is 5.35. The molecule has 1 amide bonds. The number of nitrogens with one attached hydrogen (secondary N) is 1. The zero-order valence-electron chi connectivity index (χ0n) is 14.2. The van der Waals surface area contributed by atoms with Gasteiger partial charge in [-0.3, -0.25) is 4.79 Å². The Labute approximate surface area is 159 Å². The molecule has 0 bridgehead atoms. The molecule has 26 heavy (non-hydrogen) atoms. The Morgan fingerprint density at radius 3 is 2.73 bits per heavy atom. The Morgan fingerprint density at radius 1 is 1.12 bits per heavy atom. The summed E-state index contributed by atoms with van der Waals surface area (Å²) in [6, 6.07) is 15.2. The van der Waals surface area contributed by atoms with Crippen LogP contribution in [0.15, 0.2) is 48.5 Å². The lowest BCUT2D eigenvalue weighted by Gasteiger charge is -2.07. The lowest BCUT2D eigenvalue weighted by Crippen LogP contribution is -2.09. The molecule has 4 rings (SSSR count). The van der Waals surface area contributed by atoms with Gasteiger partial charge in [-0.25, -0.2) is 4.98 Å². The van der Waals surface area contributed by atoms with Crippen LogP contribution in [0.2, 0.25) is 5.02 Å². The van der Waals surface area contributed by atoms with Gasteiger partial charge in [-0.05, 0) is 49.4 Å². The third-order valence-corrected chi connectivity index (χ3v) is 5.43. The minimum absolute atomic E-state index is 0.186. The summed E-state index contributed by atoms with van der Waals surface area (Å²) < 4.78 is 5.12. The van der Waals surface area contributed by atoms with Crippen LogP contribution < -0.4 is 10.1 Å². The third kappa shape index (κ3) is 3.11. The lowest BCUT2D eigenvalue weighted by molar-refractivity contribution is 0.103. The average Bonchev–Trinajstić information content (AvgIpc) is 3.03. The van der Waals surface area contributed by atoms with E-state index >= 15 is 0 Å². The number of carbonyl (C=O) groups is 1. The molecule has 0 spiro atoms. The number of halogens is 1. The lowest BCUT2D eigenvalue weighted by atomic mass is 10.1. The molecule has 0 radical (unpaired) electrons. The van der Waals surface area contributed by atoms with E-state index in [0.717, 1.165) is 21.1 Å². The fourth-order valence-electron chi connectivity index (χ4n) is 2.80. The monoisotopic (exact) mass is 382 g/mol. The summed E-state index contributed by atoms with van der Waals surface area (Å²) >= 11 is 7.49. The minimum Gasteiger partial charge on any atom is -0.495 e. The minimum atomic E-state index is -0.186. The van der Waals surface area contributed by atoms with Crippen molar-refractivity contribution in [2.45, 2.75) is 6.92 Å². The highest BCUT2D eigenvalue weighted by atomic mass is 35.5. The van der Waals surface area contributed by atoms with E-state index in [9.17, 15) is 4.79 Å². The number of amides is 1. The van der Waals surface area contributed by atoms with Gasteiger partial charge in [0.25, 0.3) is 5.91 Å². The number of pyridine rings is 1. The summed E-state index contributed by atoms with van der Waals surface area (Å²) in [6.45, 7) is 2.05. The number of rotatable bonds is 3. The molecule has 0 atom stereocenters. The normalized spacial score (nSPS) is 11.0. The van der Waals surface area contributed by atoms with Gasteiger partial charge in [0.15, 0.2) is 0 Å². The number of fused-ring (bicyclic) bond motifs is 2. The Bertz CT molecular complexity index is 1150. The highest BCUT2D eigenvalue weighted by molar-refractivity contribution is 7.20. The topological polar surface area (TPSA) is 51.2 Å². The van der Waals surface area contributed by atoms with Gasteiger partial charge in [-0.15, -0.1) is 11.3 Å². The number of methoxy groups -OCH3 is 1. The van der Waals surface area contributed by atoms with E-state index in [-0.39, 0.29) is 5.91 Å². The van der Waals surface area contributed by atoms with Crippen molar-refractivity contribution in [2.24, 2.45) is 0 Å². The van der Waals surface area contributed by atoms with Gasteiger partial charge in [0, 0.05) is 16.5 Å². The summed E-state index contributed by atoms with van der Waals surface area (Å²) in [6.07, 6.45) is 0. The highest BCUT2D eigenvalue weighted by Crippen LogP contribution is 2.30. The molecule has 0 aliphatic rings. The zero-order chi connectivity index (χ0) is 18.3. The van der Waals surface area contributed by atoms with Gasteiger partial charge in [-0.2, -0.15) is 0 Å². The molecule has 0 unspecified atom stereocenters. The number of thiophene rings is 1. The largest absolute Gasteiger partial charge is 0.495 e. The van der Waals surface area contributed by atoms with E-state index in [0.29, 0.717) is 21.3 Å². The maximum Gasteiger partial charge on any atom is 0.265 e. The van der Waals surface area contributed by atoms with Gasteiger partial charge in [0.05, 0.1) is 22.5 Å². The number of hydrogen-bond acceptors (Lipinski definition) is 4. The maximum absolute atomic E-state index is 12.6. The van der Waals surface area contributed by atoms with E-state index in [2.05, 4.69) is 29.4 Å². The summed E-state index contributed by atoms with van der Waals surface area (Å²) in [7, 11) is 1.55. The molecule has 1 N–H and O–H groups in total. The second kappa shape index (κ2) is 6.59. The number of benzene rings is 2. The van der Waals surface area contributed by atoms with Gasteiger partial charge in [0.1, 0.15) is 10.6 Å². The van der Waals surface area contributed by atoms with Crippen molar-refractivity contribution in [2.75, 3.05) is 12.4 Å². The highest BCUT2D eigenvalue weighted by Gasteiger charge is 2.13. The number of aromatic nitrogens is 1. The van der Waals surface area contributed by atoms with E-state index < -0.39 is 0 Å². The van der Waals surface area contributed by atoms with Crippen molar-refractivity contribution in [1.29, 1.82) is 0 Å². The van der Waals surface area contributed by atoms with Crippen LogP contribution in [0.1, 0.15) is 15.2 Å². The number of hydrogen-bond donors (Lipinski definition) is 1. The molecule has 2 aromatic heterocycles. The Morgan fingerprint density at radius 2 is 1.96 bits per heavy atom. The Kier molecular flexibility index (Phi) is 4.26. The third-order valence-electron chi connectivity index (χ3n) is 4.09. The zero-order valence-corrected chi connectivity index (χ0v) is 15.7. The molecular formula is C20H15ClN2O2S. The fraction of sp³-hybridized carbons (Fsp3) is 0.100. The molecule has 0 aliphatic heterocycles. The molecule has 2 heterocycles. The summed E-state index contributed by atoms with van der Waals surface area (Å²) in [4.78, 5) is 18.7. The van der Waals surface area contributed by atoms with Crippen LogP contribution >= 0.6 is 22.9 Å². The first kappa shape index (κ1) is 16.8. The number of nitrogens with zero attached hydrogens (tertiary/aromatic N) is 1. The molecule has 0 fully saturated rings. The number of ether oxygens (including phenoxy) is 1. The summed E-state index contributed by atoms with van der Waals surface area (Å²) in [5.41, 5.74) is 2.73. The first-order chi connectivity index (χ1) is 12.5. The molecule has 0 aliphatic carbocycles. The Balaban J connectivity index is 1.66. The number of carbonyl (C=O) groups excluding carboxylic acids is 1. The average molecular weight is 383 g/mol. The van der Waals surface area contributed by atoms with Crippen LogP contribution in [0.25, 0.3) is 21.1 Å². The fourth-order valence-corrected chi connectivity index (χ4v) is 3.98. The van der Waals surface area contributed by atoms with Crippen molar-refractivity contribution in [3.8, 4) is 5.75 Å². The first-order valence-corrected chi connectivity index (χ1v) is 9.19. The van der Waals surface area contributed by atoms with Gasteiger partial charge >= 0.3 is 0 Å². The van der Waals surface area contributed by atoms with Gasteiger partial charge < -0.3 is 10.1 Å². The quantitative estimate of drug-likeness (QED) is 0.496. The molecule has 4 aromatic rings. The SMILES string of the molecule is COc1ccc(NC(=O)c2cc3cc4cc(C)ccc4nc3s2)cc1Cl. The predicted octanol–water partition coefficient (Wildman–Crippen LogP) is 5.67. The molecule has 6 heteroatoms. The van der Waals surface area contributed by atoms with Crippen LogP contribution in [0.3, 0.4) is 0 Å². The van der Waals surface area contributed by atoms with Crippen molar-refractivity contribution < 1.29 is 9.53 Å².